The van der Waals surface area contributed by atoms with Gasteiger partial charge in [-0.3, -0.25) is 4.79 Å². The van der Waals surface area contributed by atoms with Crippen molar-refractivity contribution < 1.29 is 9.53 Å². The molecule has 0 aliphatic heterocycles. The van der Waals surface area contributed by atoms with E-state index < -0.39 is 0 Å². The maximum atomic E-state index is 11.9. The maximum absolute atomic E-state index is 11.9. The van der Waals surface area contributed by atoms with E-state index >= 15 is 0 Å². The highest BCUT2D eigenvalue weighted by molar-refractivity contribution is 5.69. The summed E-state index contributed by atoms with van der Waals surface area (Å²) in [6, 6.07) is 0. The third kappa shape index (κ3) is 33.2. The Morgan fingerprint density at radius 3 is 1.39 bits per heavy atom. The summed E-state index contributed by atoms with van der Waals surface area (Å²) in [5.41, 5.74) is 0. The first-order valence-electron chi connectivity index (χ1n) is 17.5. The largest absolute Gasteiger partial charge is 0.466 e. The molecule has 0 aromatic heterocycles. The number of unbranched alkanes of at least 4 members (excludes halogenated alkanes) is 23. The van der Waals surface area contributed by atoms with Crippen molar-refractivity contribution in [2.45, 2.75) is 201 Å². The van der Waals surface area contributed by atoms with E-state index in [1.165, 1.54) is 154 Å². The quantitative estimate of drug-likeness (QED) is 0.0502. The van der Waals surface area contributed by atoms with Crippen molar-refractivity contribution in [2.75, 3.05) is 6.61 Å². The Balaban J connectivity index is 3.18. The van der Waals surface area contributed by atoms with Gasteiger partial charge < -0.3 is 4.74 Å². The average Bonchev–Trinajstić information content (AvgIpc) is 2.90. The Kier molecular flexibility index (Phi) is 31.7. The van der Waals surface area contributed by atoms with Gasteiger partial charge in [0.15, 0.2) is 0 Å². The fourth-order valence-corrected chi connectivity index (χ4v) is 5.20. The summed E-state index contributed by atoms with van der Waals surface area (Å²) in [6.07, 6.45) is 41.2. The molecule has 0 N–H and O–H groups in total. The summed E-state index contributed by atoms with van der Waals surface area (Å²) in [6.45, 7) is 7.56. The van der Waals surface area contributed by atoms with Crippen LogP contribution in [-0.4, -0.2) is 12.6 Å². The first-order chi connectivity index (χ1) is 18.7. The minimum Gasteiger partial charge on any atom is -0.466 e. The molecule has 2 heteroatoms. The molecule has 0 spiro atoms. The van der Waals surface area contributed by atoms with Crippen LogP contribution in [0.1, 0.15) is 201 Å². The van der Waals surface area contributed by atoms with Gasteiger partial charge in [-0.2, -0.15) is 0 Å². The molecule has 0 aliphatic rings. The summed E-state index contributed by atoms with van der Waals surface area (Å²) in [7, 11) is 0. The monoisotopic (exact) mass is 535 g/mol. The Labute approximate surface area is 240 Å². The lowest BCUT2D eigenvalue weighted by Gasteiger charge is -2.06. The molecule has 2 nitrogen and oxygen atoms in total. The molecular formula is C36H70O2. The zero-order valence-electron chi connectivity index (χ0n) is 26.6. The molecule has 0 fully saturated rings. The van der Waals surface area contributed by atoms with Crippen LogP contribution in [0, 0.1) is 5.92 Å². The highest BCUT2D eigenvalue weighted by Gasteiger charge is 2.02. The van der Waals surface area contributed by atoms with E-state index in [1.54, 1.807) is 0 Å². The standard InChI is InChI=1S/C36H70O2/c1-4-5-6-7-8-9-10-14-18-21-24-27-30-33-36(37)38-34-31-28-25-22-19-16-13-11-12-15-17-20-23-26-29-32-35(2)3/h9-10,35H,4-8,11-34H2,1-3H3/b10-9-. The van der Waals surface area contributed by atoms with Gasteiger partial charge in [0.25, 0.3) is 0 Å². The summed E-state index contributed by atoms with van der Waals surface area (Å²) >= 11 is 0. The lowest BCUT2D eigenvalue weighted by molar-refractivity contribution is -0.143. The van der Waals surface area contributed by atoms with E-state index in [9.17, 15) is 4.79 Å². The van der Waals surface area contributed by atoms with Gasteiger partial charge in [-0.1, -0.05) is 168 Å². The van der Waals surface area contributed by atoms with Crippen molar-refractivity contribution >= 4 is 5.97 Å². The van der Waals surface area contributed by atoms with Crippen LogP contribution in [0.3, 0.4) is 0 Å². The lowest BCUT2D eigenvalue weighted by Crippen LogP contribution is -2.05. The Hall–Kier alpha value is -0.790. The minimum absolute atomic E-state index is 0.0159. The molecule has 0 aromatic carbocycles. The molecular weight excluding hydrogens is 464 g/mol. The van der Waals surface area contributed by atoms with Crippen LogP contribution < -0.4 is 0 Å². The fourth-order valence-electron chi connectivity index (χ4n) is 5.20. The van der Waals surface area contributed by atoms with Gasteiger partial charge in [0.2, 0.25) is 0 Å². The zero-order valence-corrected chi connectivity index (χ0v) is 26.6. The molecule has 0 aromatic rings. The number of rotatable bonds is 31. The molecule has 0 saturated carbocycles. The van der Waals surface area contributed by atoms with E-state index in [1.807, 2.05) is 0 Å². The molecule has 0 aliphatic carbocycles. The second kappa shape index (κ2) is 32.4. The van der Waals surface area contributed by atoms with Crippen LogP contribution in [-0.2, 0) is 9.53 Å². The van der Waals surface area contributed by atoms with Gasteiger partial charge >= 0.3 is 5.97 Å². The topological polar surface area (TPSA) is 26.3 Å². The summed E-state index contributed by atoms with van der Waals surface area (Å²) in [5, 5.41) is 0. The zero-order chi connectivity index (χ0) is 27.8. The number of hydrogen-bond donors (Lipinski definition) is 0. The first kappa shape index (κ1) is 37.2. The van der Waals surface area contributed by atoms with Crippen LogP contribution in [0.4, 0.5) is 0 Å². The van der Waals surface area contributed by atoms with Gasteiger partial charge in [-0.25, -0.2) is 0 Å². The van der Waals surface area contributed by atoms with Gasteiger partial charge in [-0.05, 0) is 44.4 Å². The summed E-state index contributed by atoms with van der Waals surface area (Å²) < 4.78 is 5.43. The Bertz CT molecular complexity index is 482. The maximum Gasteiger partial charge on any atom is 0.305 e. The third-order valence-electron chi connectivity index (χ3n) is 7.83. The van der Waals surface area contributed by atoms with E-state index in [0.29, 0.717) is 13.0 Å². The number of allylic oxidation sites excluding steroid dienone is 2. The molecule has 0 radical (unpaired) electrons. The second-order valence-electron chi connectivity index (χ2n) is 12.3. The van der Waals surface area contributed by atoms with Crippen molar-refractivity contribution in [1.82, 2.24) is 0 Å². The molecule has 0 amide bonds. The number of carbonyl (C=O) groups is 1. The van der Waals surface area contributed by atoms with Crippen LogP contribution in [0.15, 0.2) is 12.2 Å². The third-order valence-corrected chi connectivity index (χ3v) is 7.83. The summed E-state index contributed by atoms with van der Waals surface area (Å²) in [5.74, 6) is 0.893. The normalized spacial score (nSPS) is 11.7. The number of esters is 1. The van der Waals surface area contributed by atoms with Gasteiger partial charge in [-0.15, -0.1) is 0 Å². The van der Waals surface area contributed by atoms with Gasteiger partial charge in [0, 0.05) is 6.42 Å². The van der Waals surface area contributed by atoms with Crippen molar-refractivity contribution in [3.63, 3.8) is 0 Å². The SMILES string of the molecule is CCCCCC/C=C\CCCCCCCC(=O)OCCCCCCCCCCCCCCCCCC(C)C. The Morgan fingerprint density at radius 2 is 0.921 bits per heavy atom. The highest BCUT2D eigenvalue weighted by atomic mass is 16.5. The second-order valence-corrected chi connectivity index (χ2v) is 12.3. The van der Waals surface area contributed by atoms with Crippen molar-refractivity contribution in [3.05, 3.63) is 12.2 Å². The van der Waals surface area contributed by atoms with Gasteiger partial charge in [0.1, 0.15) is 0 Å². The number of carbonyl (C=O) groups excluding carboxylic acids is 1. The smallest absolute Gasteiger partial charge is 0.305 e. The predicted octanol–water partition coefficient (Wildman–Crippen LogP) is 12.7. The lowest BCUT2D eigenvalue weighted by atomic mass is 10.0. The summed E-state index contributed by atoms with van der Waals surface area (Å²) in [4.78, 5) is 11.9. The van der Waals surface area contributed by atoms with Crippen molar-refractivity contribution in [3.8, 4) is 0 Å². The van der Waals surface area contributed by atoms with Gasteiger partial charge in [0.05, 0.1) is 6.61 Å². The van der Waals surface area contributed by atoms with Crippen LogP contribution in [0.2, 0.25) is 0 Å². The van der Waals surface area contributed by atoms with E-state index in [0.717, 1.165) is 25.2 Å². The fraction of sp³-hybridized carbons (Fsp3) is 0.917. The molecule has 0 atom stereocenters. The van der Waals surface area contributed by atoms with E-state index in [4.69, 9.17) is 4.74 Å². The molecule has 226 valence electrons. The number of ether oxygens (including phenoxy) is 1. The molecule has 0 heterocycles. The molecule has 0 bridgehead atoms. The van der Waals surface area contributed by atoms with E-state index in [-0.39, 0.29) is 5.97 Å². The molecule has 0 saturated heterocycles. The molecule has 38 heavy (non-hydrogen) atoms. The van der Waals surface area contributed by atoms with Crippen LogP contribution in [0.25, 0.3) is 0 Å². The number of hydrogen-bond acceptors (Lipinski definition) is 2. The van der Waals surface area contributed by atoms with Crippen LogP contribution in [0.5, 0.6) is 0 Å². The van der Waals surface area contributed by atoms with Crippen molar-refractivity contribution in [2.24, 2.45) is 5.92 Å². The Morgan fingerprint density at radius 1 is 0.526 bits per heavy atom. The molecule has 0 rings (SSSR count). The van der Waals surface area contributed by atoms with Crippen LogP contribution >= 0.6 is 0 Å². The average molecular weight is 535 g/mol. The van der Waals surface area contributed by atoms with E-state index in [2.05, 4.69) is 32.9 Å². The first-order valence-corrected chi connectivity index (χ1v) is 17.5. The minimum atomic E-state index is 0.0159. The highest BCUT2D eigenvalue weighted by Crippen LogP contribution is 2.15. The van der Waals surface area contributed by atoms with Crippen molar-refractivity contribution in [1.29, 1.82) is 0 Å². The predicted molar refractivity (Wildman–Crippen MR) is 170 cm³/mol. The molecule has 0 unspecified atom stereocenters.